The van der Waals surface area contributed by atoms with Crippen molar-refractivity contribution in [3.63, 3.8) is 0 Å². The Kier molecular flexibility index (Phi) is 8.67. The van der Waals surface area contributed by atoms with Crippen LogP contribution in [-0.4, -0.2) is 17.9 Å². The zero-order chi connectivity index (χ0) is 9.94. The summed E-state index contributed by atoms with van der Waals surface area (Å²) in [7, 11) is 0. The molecule has 0 atom stereocenters. The normalized spacial score (nSPS) is 8.15. The number of alkyl halides is 1. The number of carbonyl (C=O) groups is 1. The molecule has 13 heavy (non-hydrogen) atoms. The molecule has 72 valence electrons. The second kappa shape index (κ2) is 9.26. The van der Waals surface area contributed by atoms with Crippen LogP contribution >= 0.6 is 15.9 Å². The second-order valence-corrected chi connectivity index (χ2v) is 2.65. The fourth-order valence-corrected chi connectivity index (χ4v) is 0.746. The van der Waals surface area contributed by atoms with Crippen molar-refractivity contribution in [2.75, 3.05) is 11.9 Å². The minimum Gasteiger partial charge on any atom is -0.465 e. The molecule has 0 radical (unpaired) electrons. The lowest BCUT2D eigenvalue weighted by Crippen LogP contribution is -2.03. The molecule has 0 aliphatic carbocycles. The highest BCUT2D eigenvalue weighted by Crippen LogP contribution is 1.82. The molecule has 0 unspecified atom stereocenters. The first-order valence-electron chi connectivity index (χ1n) is 4.02. The van der Waals surface area contributed by atoms with Crippen molar-refractivity contribution in [2.24, 2.45) is 0 Å². The van der Waals surface area contributed by atoms with Crippen molar-refractivity contribution in [1.82, 2.24) is 0 Å². The van der Waals surface area contributed by atoms with Crippen molar-refractivity contribution < 1.29 is 9.53 Å². The summed E-state index contributed by atoms with van der Waals surface area (Å²) in [5.41, 5.74) is 0. The number of ether oxygens (including phenoxy) is 1. The highest BCUT2D eigenvalue weighted by atomic mass is 79.9. The first-order chi connectivity index (χ1) is 6.31. The lowest BCUT2D eigenvalue weighted by atomic mass is 10.4. The van der Waals surface area contributed by atoms with E-state index in [-0.39, 0.29) is 5.97 Å². The smallest absolute Gasteiger partial charge is 0.316 e. The molecular weight excluding hydrogens is 232 g/mol. The van der Waals surface area contributed by atoms with Crippen LogP contribution in [0.2, 0.25) is 0 Å². The van der Waals surface area contributed by atoms with E-state index in [1.807, 2.05) is 36.4 Å². The number of rotatable bonds is 2. The molecule has 0 saturated heterocycles. The Morgan fingerprint density at radius 3 is 1.69 bits per heavy atom. The van der Waals surface area contributed by atoms with Crippen LogP contribution in [0.4, 0.5) is 0 Å². The first-order valence-corrected chi connectivity index (χ1v) is 5.15. The van der Waals surface area contributed by atoms with Crippen LogP contribution in [0.5, 0.6) is 0 Å². The average molecular weight is 245 g/mol. The first kappa shape index (κ1) is 12.2. The molecule has 0 heterocycles. The lowest BCUT2D eigenvalue weighted by molar-refractivity contribution is -0.139. The van der Waals surface area contributed by atoms with Gasteiger partial charge in [0.15, 0.2) is 0 Å². The quantitative estimate of drug-likeness (QED) is 0.591. The van der Waals surface area contributed by atoms with E-state index in [0.717, 1.165) is 0 Å². The van der Waals surface area contributed by atoms with Crippen molar-refractivity contribution >= 4 is 21.9 Å². The molecule has 0 N–H and O–H groups in total. The van der Waals surface area contributed by atoms with Gasteiger partial charge in [-0.05, 0) is 6.92 Å². The molecule has 0 amide bonds. The standard InChI is InChI=1S/C6H6.C4H7BrO2/c1-2-4-6-5-3-1;1-2-7-4(6)3-5/h1-6H;2-3H2,1H3. The van der Waals surface area contributed by atoms with Crippen molar-refractivity contribution in [1.29, 1.82) is 0 Å². The zero-order valence-electron chi connectivity index (χ0n) is 7.57. The molecule has 2 nitrogen and oxygen atoms in total. The summed E-state index contributed by atoms with van der Waals surface area (Å²) in [6.45, 7) is 2.24. The van der Waals surface area contributed by atoms with E-state index in [4.69, 9.17) is 0 Å². The van der Waals surface area contributed by atoms with E-state index in [2.05, 4.69) is 20.7 Å². The van der Waals surface area contributed by atoms with E-state index in [9.17, 15) is 4.79 Å². The van der Waals surface area contributed by atoms with Gasteiger partial charge in [0, 0.05) is 0 Å². The van der Waals surface area contributed by atoms with E-state index >= 15 is 0 Å². The van der Waals surface area contributed by atoms with Crippen LogP contribution in [0.3, 0.4) is 0 Å². The molecule has 0 aliphatic rings. The van der Waals surface area contributed by atoms with Crippen LogP contribution < -0.4 is 0 Å². The molecule has 0 spiro atoms. The fraction of sp³-hybridized carbons (Fsp3) is 0.300. The van der Waals surface area contributed by atoms with Crippen LogP contribution in [0.15, 0.2) is 36.4 Å². The van der Waals surface area contributed by atoms with E-state index in [1.165, 1.54) is 0 Å². The topological polar surface area (TPSA) is 26.3 Å². The lowest BCUT2D eigenvalue weighted by Gasteiger charge is -1.92. The highest BCUT2D eigenvalue weighted by Gasteiger charge is 1.92. The van der Waals surface area contributed by atoms with Gasteiger partial charge in [0.1, 0.15) is 5.33 Å². The monoisotopic (exact) mass is 244 g/mol. The molecule has 0 bridgehead atoms. The summed E-state index contributed by atoms with van der Waals surface area (Å²) >= 11 is 2.94. The van der Waals surface area contributed by atoms with Crippen LogP contribution in [-0.2, 0) is 9.53 Å². The molecule has 0 aromatic heterocycles. The minimum atomic E-state index is -0.206. The number of hydrogen-bond donors (Lipinski definition) is 0. The summed E-state index contributed by atoms with van der Waals surface area (Å²) in [5.74, 6) is -0.206. The molecule has 1 aromatic carbocycles. The summed E-state index contributed by atoms with van der Waals surface area (Å²) in [6, 6.07) is 12.0. The largest absolute Gasteiger partial charge is 0.465 e. The molecule has 1 rings (SSSR count). The predicted octanol–water partition coefficient (Wildman–Crippen LogP) is 2.63. The van der Waals surface area contributed by atoms with Crippen LogP contribution in [0.1, 0.15) is 6.92 Å². The van der Waals surface area contributed by atoms with Crippen molar-refractivity contribution in [3.05, 3.63) is 36.4 Å². The fourth-order valence-electron chi connectivity index (χ4n) is 0.584. The van der Waals surface area contributed by atoms with Gasteiger partial charge in [-0.1, -0.05) is 52.3 Å². The minimum absolute atomic E-state index is 0.206. The maximum Gasteiger partial charge on any atom is 0.316 e. The number of carbonyl (C=O) groups excluding carboxylic acids is 1. The average Bonchev–Trinajstić information content (AvgIpc) is 2.22. The van der Waals surface area contributed by atoms with Gasteiger partial charge in [-0.3, -0.25) is 4.79 Å². The molecule has 0 fully saturated rings. The van der Waals surface area contributed by atoms with Crippen LogP contribution in [0.25, 0.3) is 0 Å². The van der Waals surface area contributed by atoms with Gasteiger partial charge in [0.05, 0.1) is 6.61 Å². The van der Waals surface area contributed by atoms with E-state index in [1.54, 1.807) is 6.92 Å². The maximum atomic E-state index is 10.1. The predicted molar refractivity (Wildman–Crippen MR) is 56.9 cm³/mol. The van der Waals surface area contributed by atoms with E-state index < -0.39 is 0 Å². The summed E-state index contributed by atoms with van der Waals surface area (Å²) in [6.07, 6.45) is 0. The Hall–Kier alpha value is -0.830. The number of benzene rings is 1. The van der Waals surface area contributed by atoms with Gasteiger partial charge in [-0.2, -0.15) is 0 Å². The molecule has 0 aliphatic heterocycles. The van der Waals surface area contributed by atoms with Gasteiger partial charge >= 0.3 is 5.97 Å². The third kappa shape index (κ3) is 9.08. The number of halogens is 1. The van der Waals surface area contributed by atoms with Gasteiger partial charge in [0.2, 0.25) is 0 Å². The zero-order valence-corrected chi connectivity index (χ0v) is 9.16. The Morgan fingerprint density at radius 2 is 1.54 bits per heavy atom. The second-order valence-electron chi connectivity index (χ2n) is 2.09. The highest BCUT2D eigenvalue weighted by molar-refractivity contribution is 9.09. The molecular formula is C10H13BrO2. The summed E-state index contributed by atoms with van der Waals surface area (Å²) < 4.78 is 4.51. The van der Waals surface area contributed by atoms with Gasteiger partial charge < -0.3 is 4.74 Å². The number of hydrogen-bond acceptors (Lipinski definition) is 2. The van der Waals surface area contributed by atoms with Crippen molar-refractivity contribution in [2.45, 2.75) is 6.92 Å². The Bertz CT molecular complexity index is 185. The van der Waals surface area contributed by atoms with Crippen LogP contribution in [0, 0.1) is 0 Å². The Labute approximate surface area is 87.0 Å². The number of esters is 1. The van der Waals surface area contributed by atoms with Gasteiger partial charge in [0.25, 0.3) is 0 Å². The van der Waals surface area contributed by atoms with Crippen molar-refractivity contribution in [3.8, 4) is 0 Å². The van der Waals surface area contributed by atoms with Gasteiger partial charge in [-0.15, -0.1) is 0 Å². The third-order valence-electron chi connectivity index (χ3n) is 1.08. The summed E-state index contributed by atoms with van der Waals surface area (Å²) in [5, 5.41) is 0.292. The third-order valence-corrected chi connectivity index (χ3v) is 1.54. The molecule has 0 saturated carbocycles. The Balaban J connectivity index is 0.000000223. The van der Waals surface area contributed by atoms with Gasteiger partial charge in [-0.25, -0.2) is 0 Å². The van der Waals surface area contributed by atoms with E-state index in [0.29, 0.717) is 11.9 Å². The Morgan fingerprint density at radius 1 is 1.15 bits per heavy atom. The SMILES string of the molecule is CCOC(=O)CBr.c1ccccc1. The molecule has 3 heteroatoms. The maximum absolute atomic E-state index is 10.1. The summed E-state index contributed by atoms with van der Waals surface area (Å²) in [4.78, 5) is 10.1. The molecule has 1 aromatic rings.